The van der Waals surface area contributed by atoms with Crippen molar-refractivity contribution in [3.05, 3.63) is 77.1 Å². The molecule has 134 valence electrons. The van der Waals surface area contributed by atoms with Crippen LogP contribution in [0.4, 0.5) is 14.5 Å². The summed E-state index contributed by atoms with van der Waals surface area (Å²) in [7, 11) is 0. The van der Waals surface area contributed by atoms with Crippen LogP contribution in [0, 0.1) is 11.6 Å². The molecule has 1 amide bonds. The lowest BCUT2D eigenvalue weighted by atomic mass is 10.2. The van der Waals surface area contributed by atoms with Crippen LogP contribution in [0.2, 0.25) is 0 Å². The van der Waals surface area contributed by atoms with Crippen LogP contribution in [0.5, 0.6) is 0 Å². The van der Waals surface area contributed by atoms with Crippen molar-refractivity contribution >= 4 is 23.1 Å². The van der Waals surface area contributed by atoms with E-state index < -0.39 is 17.1 Å². The molecule has 1 N–H and O–H groups in total. The van der Waals surface area contributed by atoms with Crippen LogP contribution in [0.1, 0.15) is 0 Å². The van der Waals surface area contributed by atoms with Gasteiger partial charge in [-0.3, -0.25) is 18.7 Å². The van der Waals surface area contributed by atoms with Gasteiger partial charge in [-0.2, -0.15) is 0 Å². The van der Waals surface area contributed by atoms with Crippen LogP contribution < -0.4 is 10.7 Å². The number of fused-ring (bicyclic) bond motifs is 1. The summed E-state index contributed by atoms with van der Waals surface area (Å²) in [5.74, 6) is -1.13. The SMILES string of the molecule is O=CNc1cn(-c2ccc(F)cc2F)c2nc(-n3ccnc3)ccc2c1=O. The average molecular weight is 367 g/mol. The summed E-state index contributed by atoms with van der Waals surface area (Å²) in [5, 5.41) is 2.46. The molecule has 4 aromatic rings. The van der Waals surface area contributed by atoms with Crippen LogP contribution in [-0.4, -0.2) is 25.5 Å². The van der Waals surface area contributed by atoms with Gasteiger partial charge in [-0.15, -0.1) is 0 Å². The molecule has 0 radical (unpaired) electrons. The van der Waals surface area contributed by atoms with E-state index in [1.807, 2.05) is 0 Å². The standard InChI is InChI=1S/C18H11F2N5O2/c19-11-1-3-15(13(20)7-11)25-8-14(22-10-26)17(27)12-2-4-16(23-18(12)25)24-6-5-21-9-24/h1-10H,(H,22,26). The number of carbonyl (C=O) groups is 1. The Morgan fingerprint density at radius 2 is 2.00 bits per heavy atom. The molecule has 4 rings (SSSR count). The van der Waals surface area contributed by atoms with Crippen molar-refractivity contribution in [1.82, 2.24) is 19.1 Å². The monoisotopic (exact) mass is 367 g/mol. The molecule has 0 aliphatic carbocycles. The van der Waals surface area contributed by atoms with Crippen molar-refractivity contribution in [3.8, 4) is 11.5 Å². The van der Waals surface area contributed by atoms with E-state index in [0.717, 1.165) is 12.1 Å². The maximum absolute atomic E-state index is 14.4. The Morgan fingerprint density at radius 1 is 1.15 bits per heavy atom. The summed E-state index contributed by atoms with van der Waals surface area (Å²) in [6.45, 7) is 0. The highest BCUT2D eigenvalue weighted by Crippen LogP contribution is 2.22. The summed E-state index contributed by atoms with van der Waals surface area (Å²) >= 11 is 0. The van der Waals surface area contributed by atoms with E-state index in [9.17, 15) is 18.4 Å². The van der Waals surface area contributed by atoms with Gasteiger partial charge in [-0.05, 0) is 24.3 Å². The second-order valence-electron chi connectivity index (χ2n) is 5.61. The molecule has 0 bridgehead atoms. The Morgan fingerprint density at radius 3 is 2.70 bits per heavy atom. The lowest BCUT2D eigenvalue weighted by molar-refractivity contribution is -0.105. The number of nitrogens with one attached hydrogen (secondary N) is 1. The Labute approximate surface area is 150 Å². The van der Waals surface area contributed by atoms with Crippen molar-refractivity contribution in [3.63, 3.8) is 0 Å². The molecule has 0 aliphatic rings. The van der Waals surface area contributed by atoms with Crippen molar-refractivity contribution < 1.29 is 13.6 Å². The minimum atomic E-state index is -0.841. The van der Waals surface area contributed by atoms with E-state index >= 15 is 0 Å². The number of nitrogens with zero attached hydrogens (tertiary/aromatic N) is 4. The van der Waals surface area contributed by atoms with E-state index in [4.69, 9.17) is 0 Å². The minimum Gasteiger partial charge on any atom is -0.324 e. The molecule has 0 aliphatic heterocycles. The van der Waals surface area contributed by atoms with Crippen molar-refractivity contribution in [2.45, 2.75) is 0 Å². The van der Waals surface area contributed by atoms with E-state index in [-0.39, 0.29) is 22.4 Å². The van der Waals surface area contributed by atoms with E-state index in [1.54, 1.807) is 23.0 Å². The summed E-state index contributed by atoms with van der Waals surface area (Å²) < 4.78 is 30.6. The van der Waals surface area contributed by atoms with Gasteiger partial charge in [0.1, 0.15) is 29.5 Å². The molecule has 0 atom stereocenters. The van der Waals surface area contributed by atoms with Crippen molar-refractivity contribution in [1.29, 1.82) is 0 Å². The van der Waals surface area contributed by atoms with Crippen molar-refractivity contribution in [2.75, 3.05) is 5.32 Å². The van der Waals surface area contributed by atoms with Crippen LogP contribution in [0.15, 0.2) is 60.0 Å². The number of anilines is 1. The van der Waals surface area contributed by atoms with Gasteiger partial charge in [0.05, 0.1) is 11.1 Å². The number of hydrogen-bond acceptors (Lipinski definition) is 4. The lowest BCUT2D eigenvalue weighted by Crippen LogP contribution is -2.16. The zero-order valence-electron chi connectivity index (χ0n) is 13.6. The molecule has 0 saturated carbocycles. The molecule has 3 aromatic heterocycles. The van der Waals surface area contributed by atoms with Gasteiger partial charge in [0.25, 0.3) is 0 Å². The highest BCUT2D eigenvalue weighted by atomic mass is 19.1. The van der Waals surface area contributed by atoms with Gasteiger partial charge in [-0.1, -0.05) is 0 Å². The van der Waals surface area contributed by atoms with Crippen LogP contribution in [-0.2, 0) is 4.79 Å². The number of aromatic nitrogens is 4. The predicted octanol–water partition coefficient (Wildman–Crippen LogP) is 2.42. The second kappa shape index (κ2) is 6.45. The number of benzene rings is 1. The molecule has 9 heteroatoms. The van der Waals surface area contributed by atoms with Crippen LogP contribution >= 0.6 is 0 Å². The number of amides is 1. The molecule has 3 heterocycles. The van der Waals surface area contributed by atoms with Gasteiger partial charge in [-0.25, -0.2) is 18.7 Å². The third-order valence-corrected chi connectivity index (χ3v) is 3.99. The van der Waals surface area contributed by atoms with E-state index in [0.29, 0.717) is 12.2 Å². The number of hydrogen-bond donors (Lipinski definition) is 1. The number of imidazole rings is 1. The molecule has 7 nitrogen and oxygen atoms in total. The largest absolute Gasteiger partial charge is 0.324 e. The lowest BCUT2D eigenvalue weighted by Gasteiger charge is -2.14. The topological polar surface area (TPSA) is 81.8 Å². The zero-order valence-corrected chi connectivity index (χ0v) is 13.6. The molecular weight excluding hydrogens is 356 g/mol. The maximum Gasteiger partial charge on any atom is 0.214 e. The summed E-state index contributed by atoms with van der Waals surface area (Å²) in [6.07, 6.45) is 6.35. The molecule has 0 fully saturated rings. The highest BCUT2D eigenvalue weighted by Gasteiger charge is 2.15. The quantitative estimate of drug-likeness (QED) is 0.562. The first kappa shape index (κ1) is 16.6. The Balaban J connectivity index is 2.07. The van der Waals surface area contributed by atoms with Crippen LogP contribution in [0.25, 0.3) is 22.5 Å². The van der Waals surface area contributed by atoms with Gasteiger partial charge in [0.2, 0.25) is 11.8 Å². The highest BCUT2D eigenvalue weighted by molar-refractivity contribution is 5.84. The number of rotatable bonds is 4. The van der Waals surface area contributed by atoms with Gasteiger partial charge in [0.15, 0.2) is 5.65 Å². The Hall–Kier alpha value is -3.88. The predicted molar refractivity (Wildman–Crippen MR) is 94.1 cm³/mol. The number of pyridine rings is 2. The first-order valence-electron chi connectivity index (χ1n) is 7.79. The third kappa shape index (κ3) is 2.84. The summed E-state index contributed by atoms with van der Waals surface area (Å²) in [4.78, 5) is 31.8. The van der Waals surface area contributed by atoms with Gasteiger partial charge >= 0.3 is 0 Å². The maximum atomic E-state index is 14.4. The molecule has 0 spiro atoms. The summed E-state index contributed by atoms with van der Waals surface area (Å²) in [5.41, 5.74) is -0.405. The van der Waals surface area contributed by atoms with E-state index in [1.165, 1.54) is 29.2 Å². The third-order valence-electron chi connectivity index (χ3n) is 3.99. The zero-order chi connectivity index (χ0) is 19.0. The smallest absolute Gasteiger partial charge is 0.214 e. The van der Waals surface area contributed by atoms with Crippen molar-refractivity contribution in [2.24, 2.45) is 0 Å². The number of carbonyl (C=O) groups excluding carboxylic acids is 1. The number of halogens is 2. The Bertz CT molecular complexity index is 1220. The summed E-state index contributed by atoms with van der Waals surface area (Å²) in [6, 6.07) is 6.17. The Kier molecular flexibility index (Phi) is 3.96. The first-order valence-corrected chi connectivity index (χ1v) is 7.79. The molecular formula is C18H11F2N5O2. The fourth-order valence-electron chi connectivity index (χ4n) is 2.76. The molecule has 1 aromatic carbocycles. The normalized spacial score (nSPS) is 10.9. The van der Waals surface area contributed by atoms with E-state index in [2.05, 4.69) is 15.3 Å². The van der Waals surface area contributed by atoms with Gasteiger partial charge < -0.3 is 5.32 Å². The molecule has 27 heavy (non-hydrogen) atoms. The van der Waals surface area contributed by atoms with Crippen LogP contribution in [0.3, 0.4) is 0 Å². The molecule has 0 unspecified atom stereocenters. The van der Waals surface area contributed by atoms with Gasteiger partial charge in [0, 0.05) is 24.7 Å². The average Bonchev–Trinajstić information content (AvgIpc) is 3.19. The second-order valence-corrected chi connectivity index (χ2v) is 5.61. The minimum absolute atomic E-state index is 0.0226. The fourth-order valence-corrected chi connectivity index (χ4v) is 2.76. The first-order chi connectivity index (χ1) is 13.1. The molecule has 0 saturated heterocycles. The fraction of sp³-hybridized carbons (Fsp3) is 0.